The van der Waals surface area contributed by atoms with Crippen LogP contribution < -0.4 is 10.5 Å². The van der Waals surface area contributed by atoms with E-state index in [0.29, 0.717) is 33.0 Å². The van der Waals surface area contributed by atoms with Crippen molar-refractivity contribution in [2.45, 2.75) is 71.1 Å². The molecule has 0 radical (unpaired) electrons. The minimum Gasteiger partial charge on any atom is -0.463 e. The molecule has 0 unspecified atom stereocenters. The summed E-state index contributed by atoms with van der Waals surface area (Å²) in [6, 6.07) is 13.7. The molecule has 2 aromatic carbocycles. The molecule has 8 heteroatoms. The lowest BCUT2D eigenvalue weighted by Crippen LogP contribution is -2.35. The number of nitrogens with two attached hydrogens (primary N) is 1. The first-order valence-corrected chi connectivity index (χ1v) is 13.3. The molecular weight excluding hydrogens is 472 g/mol. The molecule has 1 saturated heterocycles. The molecule has 0 aromatic heterocycles. The Kier molecular flexibility index (Phi) is 9.66. The molecule has 2 aliphatic heterocycles. The highest BCUT2D eigenvalue weighted by atomic mass is 16.7. The quantitative estimate of drug-likeness (QED) is 0.260. The van der Waals surface area contributed by atoms with Gasteiger partial charge in [-0.15, -0.1) is 0 Å². The highest BCUT2D eigenvalue weighted by Crippen LogP contribution is 2.35. The Balaban J connectivity index is 1.02. The zero-order valence-electron chi connectivity index (χ0n) is 22.1. The number of amides is 1. The van der Waals surface area contributed by atoms with Gasteiger partial charge in [0.05, 0.1) is 33.0 Å². The Hall–Kier alpha value is -2.81. The first-order chi connectivity index (χ1) is 17.9. The van der Waals surface area contributed by atoms with E-state index < -0.39 is 5.79 Å². The van der Waals surface area contributed by atoms with Gasteiger partial charge in [-0.25, -0.2) is 4.79 Å². The lowest BCUT2D eigenvalue weighted by Gasteiger charge is -2.32. The average Bonchev–Trinajstić information content (AvgIpc) is 3.24. The van der Waals surface area contributed by atoms with Crippen LogP contribution in [0.3, 0.4) is 0 Å². The SMILES string of the molecule is CC1(C)OCc2cc([C@@H]3CN(CCCCCCCOCCOCc4cccc(N)c4)C(=O)O3)ccc2O1. The maximum absolute atomic E-state index is 12.4. The normalized spacial score (nSPS) is 18.4. The number of fused-ring (bicyclic) bond motifs is 1. The van der Waals surface area contributed by atoms with E-state index in [1.165, 1.54) is 0 Å². The van der Waals surface area contributed by atoms with Crippen LogP contribution in [-0.4, -0.2) is 49.7 Å². The number of anilines is 1. The maximum atomic E-state index is 12.4. The van der Waals surface area contributed by atoms with Crippen molar-refractivity contribution in [1.29, 1.82) is 0 Å². The summed E-state index contributed by atoms with van der Waals surface area (Å²) in [4.78, 5) is 14.2. The number of ether oxygens (including phenoxy) is 5. The lowest BCUT2D eigenvalue weighted by molar-refractivity contribution is -0.180. The number of rotatable bonds is 14. The third-order valence-corrected chi connectivity index (χ3v) is 6.58. The number of unbranched alkanes of at least 4 members (excludes halogenated alkanes) is 4. The number of nitrogen functional groups attached to an aromatic ring is 1. The topological polar surface area (TPSA) is 92.5 Å². The van der Waals surface area contributed by atoms with Crippen LogP contribution in [0.2, 0.25) is 0 Å². The fourth-order valence-electron chi connectivity index (χ4n) is 4.55. The summed E-state index contributed by atoms with van der Waals surface area (Å²) in [6.45, 7) is 8.07. The van der Waals surface area contributed by atoms with Gasteiger partial charge in [-0.05, 0) is 48.2 Å². The van der Waals surface area contributed by atoms with Gasteiger partial charge in [0.25, 0.3) is 0 Å². The Morgan fingerprint density at radius 2 is 1.81 bits per heavy atom. The van der Waals surface area contributed by atoms with Crippen LogP contribution in [0.25, 0.3) is 0 Å². The molecule has 202 valence electrons. The second-order valence-corrected chi connectivity index (χ2v) is 10.2. The van der Waals surface area contributed by atoms with Crippen molar-refractivity contribution in [3.05, 3.63) is 59.2 Å². The van der Waals surface area contributed by atoms with E-state index >= 15 is 0 Å². The Morgan fingerprint density at radius 3 is 2.68 bits per heavy atom. The number of carbonyl (C=O) groups excluding carboxylic acids is 1. The molecule has 0 saturated carbocycles. The van der Waals surface area contributed by atoms with E-state index in [0.717, 1.165) is 73.4 Å². The number of carbonyl (C=O) groups is 1. The fourth-order valence-corrected chi connectivity index (χ4v) is 4.55. The monoisotopic (exact) mass is 512 g/mol. The first-order valence-electron chi connectivity index (χ1n) is 13.3. The average molecular weight is 513 g/mol. The fraction of sp³-hybridized carbons (Fsp3) is 0.552. The van der Waals surface area contributed by atoms with Gasteiger partial charge in [0, 0.05) is 38.2 Å². The van der Waals surface area contributed by atoms with Crippen LogP contribution in [-0.2, 0) is 32.2 Å². The highest BCUT2D eigenvalue weighted by Gasteiger charge is 2.33. The Bertz CT molecular complexity index is 1030. The minimum atomic E-state index is -0.619. The molecule has 2 N–H and O–H groups in total. The molecule has 2 aromatic rings. The summed E-state index contributed by atoms with van der Waals surface area (Å²) < 4.78 is 28.5. The standard InChI is InChI=1S/C29H40N2O6/c1-29(2)35-21-24-18-23(11-12-26(24)37-29)27-19-31(28(32)36-27)13-6-4-3-5-7-14-33-15-16-34-20-22-9-8-10-25(30)17-22/h8-12,17-18,27H,3-7,13-16,19-21,30H2,1-2H3/t27-/m0/s1. The number of hydrogen-bond donors (Lipinski definition) is 1. The largest absolute Gasteiger partial charge is 0.463 e. The van der Waals surface area contributed by atoms with E-state index in [1.807, 2.05) is 61.2 Å². The van der Waals surface area contributed by atoms with Crippen LogP contribution in [0.15, 0.2) is 42.5 Å². The summed E-state index contributed by atoms with van der Waals surface area (Å²) in [5.74, 6) is 0.209. The molecule has 37 heavy (non-hydrogen) atoms. The van der Waals surface area contributed by atoms with Gasteiger partial charge >= 0.3 is 6.09 Å². The zero-order chi connectivity index (χ0) is 26.1. The predicted molar refractivity (Wildman–Crippen MR) is 141 cm³/mol. The molecule has 1 atom stereocenters. The van der Waals surface area contributed by atoms with Crippen molar-refractivity contribution in [3.63, 3.8) is 0 Å². The Morgan fingerprint density at radius 1 is 1.00 bits per heavy atom. The van der Waals surface area contributed by atoms with Crippen molar-refractivity contribution in [2.24, 2.45) is 0 Å². The number of hydrogen-bond acceptors (Lipinski definition) is 7. The van der Waals surface area contributed by atoms with Crippen molar-refractivity contribution < 1.29 is 28.5 Å². The molecule has 0 aliphatic carbocycles. The lowest BCUT2D eigenvalue weighted by atomic mass is 10.0. The van der Waals surface area contributed by atoms with Crippen molar-refractivity contribution in [2.75, 3.05) is 38.6 Å². The van der Waals surface area contributed by atoms with Crippen molar-refractivity contribution >= 4 is 11.8 Å². The number of cyclic esters (lactones) is 1. The summed E-state index contributed by atoms with van der Waals surface area (Å²) in [5.41, 5.74) is 9.56. The molecule has 0 bridgehead atoms. The molecular formula is C29H40N2O6. The maximum Gasteiger partial charge on any atom is 0.410 e. The predicted octanol–water partition coefficient (Wildman–Crippen LogP) is 5.59. The molecule has 2 heterocycles. The van der Waals surface area contributed by atoms with Gasteiger partial charge in [-0.1, -0.05) is 37.5 Å². The van der Waals surface area contributed by atoms with Gasteiger partial charge in [0.2, 0.25) is 5.79 Å². The summed E-state index contributed by atoms with van der Waals surface area (Å²) in [6.07, 6.45) is 4.85. The van der Waals surface area contributed by atoms with Gasteiger partial charge < -0.3 is 34.3 Å². The zero-order valence-corrected chi connectivity index (χ0v) is 22.1. The van der Waals surface area contributed by atoms with Crippen LogP contribution >= 0.6 is 0 Å². The molecule has 1 fully saturated rings. The van der Waals surface area contributed by atoms with Gasteiger partial charge in [0.1, 0.15) is 11.9 Å². The third kappa shape index (κ3) is 8.35. The van der Waals surface area contributed by atoms with Gasteiger partial charge in [-0.3, -0.25) is 0 Å². The minimum absolute atomic E-state index is 0.234. The van der Waals surface area contributed by atoms with Crippen LogP contribution in [0.4, 0.5) is 10.5 Å². The molecule has 4 rings (SSSR count). The second-order valence-electron chi connectivity index (χ2n) is 10.2. The first kappa shape index (κ1) is 27.2. The van der Waals surface area contributed by atoms with E-state index in [4.69, 9.17) is 29.4 Å². The number of nitrogens with zero attached hydrogens (tertiary/aromatic N) is 1. The summed E-state index contributed by atoms with van der Waals surface area (Å²) >= 11 is 0. The van der Waals surface area contributed by atoms with Crippen molar-refractivity contribution in [1.82, 2.24) is 4.90 Å². The molecule has 2 aliphatic rings. The smallest absolute Gasteiger partial charge is 0.410 e. The molecule has 8 nitrogen and oxygen atoms in total. The van der Waals surface area contributed by atoms with E-state index in [1.54, 1.807) is 0 Å². The van der Waals surface area contributed by atoms with Crippen LogP contribution in [0, 0.1) is 0 Å². The third-order valence-electron chi connectivity index (χ3n) is 6.58. The van der Waals surface area contributed by atoms with Crippen LogP contribution in [0.5, 0.6) is 5.75 Å². The van der Waals surface area contributed by atoms with Crippen LogP contribution in [0.1, 0.15) is 68.7 Å². The van der Waals surface area contributed by atoms with E-state index in [2.05, 4.69) is 0 Å². The summed E-state index contributed by atoms with van der Waals surface area (Å²) in [7, 11) is 0. The Labute approximate surface area is 220 Å². The second kappa shape index (κ2) is 13.1. The van der Waals surface area contributed by atoms with Gasteiger partial charge in [-0.2, -0.15) is 0 Å². The van der Waals surface area contributed by atoms with E-state index in [9.17, 15) is 4.79 Å². The van der Waals surface area contributed by atoms with Gasteiger partial charge in [0.15, 0.2) is 0 Å². The molecule has 0 spiro atoms. The number of benzene rings is 2. The van der Waals surface area contributed by atoms with Crippen molar-refractivity contribution in [3.8, 4) is 5.75 Å². The summed E-state index contributed by atoms with van der Waals surface area (Å²) in [5, 5.41) is 0. The molecule has 1 amide bonds. The van der Waals surface area contributed by atoms with E-state index in [-0.39, 0.29) is 12.2 Å². The highest BCUT2D eigenvalue weighted by molar-refractivity contribution is 5.70.